The van der Waals surface area contributed by atoms with E-state index in [1.54, 1.807) is 6.92 Å². The molecule has 3 N–H and O–H groups in total. The Morgan fingerprint density at radius 3 is 2.38 bits per heavy atom. The van der Waals surface area contributed by atoms with Gasteiger partial charge in [-0.05, 0) is 32.6 Å². The summed E-state index contributed by atoms with van der Waals surface area (Å²) in [5, 5.41) is 2.96. The maximum Gasteiger partial charge on any atom is 0.236 e. The zero-order valence-electron chi connectivity index (χ0n) is 8.55. The standard InChI is InChI=1S/C10H20N2O/c1-7(11)10(13)12-8(2)9-5-3-4-6-9/h7-9H,3-6,11H2,1-2H3,(H,12,13)/t7-,8+/m1/s1. The highest BCUT2D eigenvalue weighted by Crippen LogP contribution is 2.27. The van der Waals surface area contributed by atoms with Crippen molar-refractivity contribution < 1.29 is 4.79 Å². The number of carbonyl (C=O) groups excluding carboxylic acids is 1. The van der Waals surface area contributed by atoms with Crippen molar-refractivity contribution in [2.45, 2.75) is 51.6 Å². The van der Waals surface area contributed by atoms with Gasteiger partial charge in [0.2, 0.25) is 5.91 Å². The highest BCUT2D eigenvalue weighted by Gasteiger charge is 2.23. The SMILES string of the molecule is C[C@H](NC(=O)[C@@H](C)N)C1CCCC1. The molecule has 0 aromatic carbocycles. The van der Waals surface area contributed by atoms with Gasteiger partial charge in [0.25, 0.3) is 0 Å². The van der Waals surface area contributed by atoms with Gasteiger partial charge in [-0.25, -0.2) is 0 Å². The molecule has 0 aliphatic heterocycles. The fourth-order valence-electron chi connectivity index (χ4n) is 1.93. The Morgan fingerprint density at radius 1 is 1.38 bits per heavy atom. The van der Waals surface area contributed by atoms with Crippen LogP contribution in [0.1, 0.15) is 39.5 Å². The predicted octanol–water partition coefficient (Wildman–Crippen LogP) is 1.03. The van der Waals surface area contributed by atoms with Crippen LogP contribution in [-0.2, 0) is 4.79 Å². The molecular weight excluding hydrogens is 164 g/mol. The molecular formula is C10H20N2O. The van der Waals surface area contributed by atoms with Crippen LogP contribution in [0.15, 0.2) is 0 Å². The molecule has 2 atom stereocenters. The summed E-state index contributed by atoms with van der Waals surface area (Å²) in [5.41, 5.74) is 5.47. The Bertz CT molecular complexity index is 174. The number of hydrogen-bond acceptors (Lipinski definition) is 2. The zero-order valence-corrected chi connectivity index (χ0v) is 8.55. The molecule has 0 radical (unpaired) electrons. The summed E-state index contributed by atoms with van der Waals surface area (Å²) >= 11 is 0. The Labute approximate surface area is 80.1 Å². The second kappa shape index (κ2) is 4.61. The molecule has 1 saturated carbocycles. The lowest BCUT2D eigenvalue weighted by Crippen LogP contribution is -2.45. The molecule has 0 bridgehead atoms. The molecule has 3 nitrogen and oxygen atoms in total. The number of amides is 1. The first-order chi connectivity index (χ1) is 6.11. The molecule has 0 spiro atoms. The smallest absolute Gasteiger partial charge is 0.236 e. The van der Waals surface area contributed by atoms with Gasteiger partial charge in [-0.3, -0.25) is 4.79 Å². The van der Waals surface area contributed by atoms with Gasteiger partial charge in [-0.1, -0.05) is 12.8 Å². The van der Waals surface area contributed by atoms with Gasteiger partial charge in [0.05, 0.1) is 6.04 Å². The monoisotopic (exact) mass is 184 g/mol. The molecule has 1 aliphatic rings. The van der Waals surface area contributed by atoms with E-state index < -0.39 is 0 Å². The molecule has 1 fully saturated rings. The van der Waals surface area contributed by atoms with Crippen LogP contribution in [0.3, 0.4) is 0 Å². The largest absolute Gasteiger partial charge is 0.352 e. The van der Waals surface area contributed by atoms with E-state index in [1.165, 1.54) is 25.7 Å². The van der Waals surface area contributed by atoms with Crippen LogP contribution in [0.25, 0.3) is 0 Å². The third-order valence-corrected chi connectivity index (χ3v) is 2.89. The van der Waals surface area contributed by atoms with E-state index in [4.69, 9.17) is 5.73 Å². The van der Waals surface area contributed by atoms with E-state index in [-0.39, 0.29) is 11.9 Å². The van der Waals surface area contributed by atoms with Gasteiger partial charge in [0, 0.05) is 6.04 Å². The van der Waals surface area contributed by atoms with E-state index in [9.17, 15) is 4.79 Å². The van der Waals surface area contributed by atoms with Crippen LogP contribution in [0, 0.1) is 5.92 Å². The quantitative estimate of drug-likeness (QED) is 0.688. The van der Waals surface area contributed by atoms with Gasteiger partial charge in [-0.15, -0.1) is 0 Å². The minimum absolute atomic E-state index is 0.0283. The van der Waals surface area contributed by atoms with Crippen LogP contribution in [-0.4, -0.2) is 18.0 Å². The van der Waals surface area contributed by atoms with E-state index >= 15 is 0 Å². The average Bonchev–Trinajstić information content (AvgIpc) is 2.55. The molecule has 76 valence electrons. The topological polar surface area (TPSA) is 55.1 Å². The second-order valence-corrected chi connectivity index (χ2v) is 4.13. The Morgan fingerprint density at radius 2 is 1.92 bits per heavy atom. The van der Waals surface area contributed by atoms with Crippen molar-refractivity contribution in [1.82, 2.24) is 5.32 Å². The molecule has 0 saturated heterocycles. The molecule has 1 rings (SSSR count). The van der Waals surface area contributed by atoms with E-state index in [1.807, 2.05) is 0 Å². The number of carbonyl (C=O) groups is 1. The first-order valence-electron chi connectivity index (χ1n) is 5.17. The summed E-state index contributed by atoms with van der Waals surface area (Å²) in [4.78, 5) is 11.3. The highest BCUT2D eigenvalue weighted by molar-refractivity contribution is 5.81. The van der Waals surface area contributed by atoms with E-state index in [2.05, 4.69) is 12.2 Å². The third-order valence-electron chi connectivity index (χ3n) is 2.89. The molecule has 0 aromatic heterocycles. The number of nitrogens with one attached hydrogen (secondary N) is 1. The number of hydrogen-bond donors (Lipinski definition) is 2. The van der Waals surface area contributed by atoms with Crippen LogP contribution in [0.2, 0.25) is 0 Å². The van der Waals surface area contributed by atoms with Crippen LogP contribution in [0.5, 0.6) is 0 Å². The Hall–Kier alpha value is -0.570. The van der Waals surface area contributed by atoms with Crippen molar-refractivity contribution in [2.75, 3.05) is 0 Å². The average molecular weight is 184 g/mol. The van der Waals surface area contributed by atoms with Gasteiger partial charge in [-0.2, -0.15) is 0 Å². The Kier molecular flexibility index (Phi) is 3.72. The molecule has 3 heteroatoms. The van der Waals surface area contributed by atoms with Crippen molar-refractivity contribution in [3.05, 3.63) is 0 Å². The number of rotatable bonds is 3. The Balaban J connectivity index is 2.31. The maximum atomic E-state index is 11.3. The summed E-state index contributed by atoms with van der Waals surface area (Å²) in [6, 6.07) is -0.0927. The lowest BCUT2D eigenvalue weighted by Gasteiger charge is -2.21. The van der Waals surface area contributed by atoms with Crippen molar-refractivity contribution in [1.29, 1.82) is 0 Å². The lowest BCUT2D eigenvalue weighted by atomic mass is 9.99. The summed E-state index contributed by atoms with van der Waals surface area (Å²) in [6.07, 6.45) is 5.12. The summed E-state index contributed by atoms with van der Waals surface area (Å²) in [7, 11) is 0. The van der Waals surface area contributed by atoms with Gasteiger partial charge in [0.15, 0.2) is 0 Å². The third kappa shape index (κ3) is 2.99. The molecule has 0 unspecified atom stereocenters. The summed E-state index contributed by atoms with van der Waals surface area (Å²) in [5.74, 6) is 0.641. The van der Waals surface area contributed by atoms with Crippen LogP contribution in [0.4, 0.5) is 0 Å². The first-order valence-corrected chi connectivity index (χ1v) is 5.17. The first kappa shape index (κ1) is 10.5. The van der Waals surface area contributed by atoms with Crippen LogP contribution < -0.4 is 11.1 Å². The molecule has 0 aromatic rings. The molecule has 13 heavy (non-hydrogen) atoms. The summed E-state index contributed by atoms with van der Waals surface area (Å²) in [6.45, 7) is 3.80. The van der Waals surface area contributed by atoms with E-state index in [0.29, 0.717) is 12.0 Å². The van der Waals surface area contributed by atoms with Gasteiger partial charge >= 0.3 is 0 Å². The minimum atomic E-state index is -0.385. The fraction of sp³-hybridized carbons (Fsp3) is 0.900. The zero-order chi connectivity index (χ0) is 9.84. The lowest BCUT2D eigenvalue weighted by molar-refractivity contribution is -0.122. The van der Waals surface area contributed by atoms with Crippen molar-refractivity contribution in [3.8, 4) is 0 Å². The van der Waals surface area contributed by atoms with Gasteiger partial charge in [0.1, 0.15) is 0 Å². The number of nitrogens with two attached hydrogens (primary N) is 1. The van der Waals surface area contributed by atoms with Crippen molar-refractivity contribution in [3.63, 3.8) is 0 Å². The summed E-state index contributed by atoms with van der Waals surface area (Å²) < 4.78 is 0. The normalized spacial score (nSPS) is 22.7. The maximum absolute atomic E-state index is 11.3. The second-order valence-electron chi connectivity index (χ2n) is 4.13. The molecule has 1 amide bonds. The predicted molar refractivity (Wildman–Crippen MR) is 53.2 cm³/mol. The van der Waals surface area contributed by atoms with Crippen molar-refractivity contribution >= 4 is 5.91 Å². The van der Waals surface area contributed by atoms with Crippen LogP contribution >= 0.6 is 0 Å². The van der Waals surface area contributed by atoms with Gasteiger partial charge < -0.3 is 11.1 Å². The van der Waals surface area contributed by atoms with Crippen molar-refractivity contribution in [2.24, 2.45) is 11.7 Å². The molecule has 0 heterocycles. The fourth-order valence-corrected chi connectivity index (χ4v) is 1.93. The van der Waals surface area contributed by atoms with E-state index in [0.717, 1.165) is 0 Å². The highest BCUT2D eigenvalue weighted by atomic mass is 16.2. The molecule has 1 aliphatic carbocycles. The minimum Gasteiger partial charge on any atom is -0.352 e.